The fraction of sp³-hybridized carbons (Fsp3) is 0.658. The van der Waals surface area contributed by atoms with Gasteiger partial charge in [0.2, 0.25) is 11.8 Å². The quantitative estimate of drug-likeness (QED) is 0.225. The van der Waals surface area contributed by atoms with E-state index in [0.717, 1.165) is 191 Å². The Morgan fingerprint density at radius 2 is 1.02 bits per heavy atom. The maximum absolute atomic E-state index is 14.2. The largest absolute Gasteiger partial charge is 0.450 e. The molecular formula is C73H107FN12O8. The Hall–Kier alpha value is -7.02. The van der Waals surface area contributed by atoms with Crippen LogP contribution < -0.4 is 20.0 Å². The molecule has 3 spiro atoms. The zero-order valence-electron chi connectivity index (χ0n) is 57.6. The summed E-state index contributed by atoms with van der Waals surface area (Å²) < 4.78 is 24.8. The number of anilines is 3. The molecule has 0 saturated carbocycles. The van der Waals surface area contributed by atoms with Crippen molar-refractivity contribution in [3.8, 4) is 6.07 Å². The predicted octanol–water partition coefficient (Wildman–Crippen LogP) is 10.8. The number of nitrogens with zero attached hydrogens (tertiary/aromatic N) is 11. The minimum Gasteiger partial charge on any atom is -0.450 e. The van der Waals surface area contributed by atoms with Gasteiger partial charge in [-0.2, -0.15) is 5.26 Å². The highest BCUT2D eigenvalue weighted by molar-refractivity contribution is 5.96. The van der Waals surface area contributed by atoms with E-state index in [4.69, 9.17) is 14.7 Å². The van der Waals surface area contributed by atoms with Crippen molar-refractivity contribution in [3.05, 3.63) is 89.2 Å². The molecule has 0 radical (unpaired) electrons. The van der Waals surface area contributed by atoms with E-state index in [-0.39, 0.29) is 77.4 Å². The Morgan fingerprint density at radius 1 is 0.606 bits per heavy atom. The van der Waals surface area contributed by atoms with E-state index < -0.39 is 0 Å². The first kappa shape index (κ1) is 69.8. The molecule has 12 rings (SSSR count). The Balaban J connectivity index is 0.000000167. The summed E-state index contributed by atoms with van der Waals surface area (Å²) in [5, 5.41) is 11.8. The Morgan fingerprint density at radius 3 is 1.46 bits per heavy atom. The molecule has 0 atom stereocenters. The number of piperidine rings is 6. The number of ether oxygens (including phenoxy) is 2. The van der Waals surface area contributed by atoms with E-state index in [0.29, 0.717) is 44.3 Å². The van der Waals surface area contributed by atoms with Crippen LogP contribution in [0.1, 0.15) is 156 Å². The van der Waals surface area contributed by atoms with Crippen molar-refractivity contribution < 1.29 is 44.1 Å². The van der Waals surface area contributed by atoms with Crippen molar-refractivity contribution in [1.29, 1.82) is 5.26 Å². The first-order valence-electron chi connectivity index (χ1n) is 35.0. The second kappa shape index (κ2) is 30.0. The van der Waals surface area contributed by atoms with Gasteiger partial charge in [-0.1, -0.05) is 57.2 Å². The molecule has 514 valence electrons. The molecule has 21 heteroatoms. The van der Waals surface area contributed by atoms with E-state index in [1.165, 1.54) is 17.2 Å². The Kier molecular flexibility index (Phi) is 22.2. The number of urea groups is 2. The molecule has 6 saturated heterocycles. The molecule has 20 nitrogen and oxygen atoms in total. The van der Waals surface area contributed by atoms with Gasteiger partial charge in [0, 0.05) is 152 Å². The zero-order chi connectivity index (χ0) is 67.1. The van der Waals surface area contributed by atoms with Crippen LogP contribution in [0, 0.1) is 22.6 Å². The van der Waals surface area contributed by atoms with E-state index in [9.17, 15) is 33.2 Å². The minimum atomic E-state index is -0.252. The molecule has 6 fully saturated rings. The molecule has 0 bridgehead atoms. The summed E-state index contributed by atoms with van der Waals surface area (Å²) in [5.74, 6) is -0.0338. The first-order chi connectivity index (χ1) is 45.0. The van der Waals surface area contributed by atoms with E-state index in [1.807, 2.05) is 63.5 Å². The van der Waals surface area contributed by atoms with Gasteiger partial charge in [-0.3, -0.25) is 19.4 Å². The van der Waals surface area contributed by atoms with Crippen molar-refractivity contribution in [2.75, 3.05) is 140 Å². The molecule has 9 heterocycles. The van der Waals surface area contributed by atoms with Gasteiger partial charge >= 0.3 is 24.2 Å². The summed E-state index contributed by atoms with van der Waals surface area (Å²) in [6, 6.07) is 25.3. The van der Waals surface area contributed by atoms with Crippen LogP contribution in [0.2, 0.25) is 0 Å². The molecule has 3 aromatic rings. The van der Waals surface area contributed by atoms with Crippen LogP contribution in [0.5, 0.6) is 0 Å². The third-order valence-electron chi connectivity index (χ3n) is 21.8. The van der Waals surface area contributed by atoms with Crippen LogP contribution in [-0.2, 0) is 35.3 Å². The lowest BCUT2D eigenvalue weighted by Crippen LogP contribution is -2.53. The van der Waals surface area contributed by atoms with Gasteiger partial charge in [0.1, 0.15) is 5.82 Å². The maximum Gasteiger partial charge on any atom is 0.409 e. The molecule has 94 heavy (non-hydrogen) atoms. The highest BCUT2D eigenvalue weighted by Crippen LogP contribution is 2.51. The van der Waals surface area contributed by atoms with Gasteiger partial charge in [-0.25, -0.2) is 23.6 Å². The summed E-state index contributed by atoms with van der Waals surface area (Å²) in [4.78, 5) is 95.0. The second-order valence-corrected chi connectivity index (χ2v) is 29.7. The van der Waals surface area contributed by atoms with Crippen LogP contribution >= 0.6 is 0 Å². The smallest absolute Gasteiger partial charge is 0.409 e. The molecular weight excluding hydrogens is 1190 g/mol. The number of hydrogen-bond acceptors (Lipinski definition) is 12. The Bertz CT molecular complexity index is 3200. The molecule has 9 aliphatic heterocycles. The molecule has 3 aromatic carbocycles. The SMILES string of the molecule is CC(=O)N1CC2(CCN(C3CCN(C(=O)OCC(C)(C)C)CC3)CC2)c2ccccc21.CCOC(=O)N1CCC(N2CCC3(CC2)CN(C(=O)NC(C)C)c2ccccc23)CC1.CN(C)C(=O)N1CC2(CCN(C3CCN(C(=O)CCC#N)CC3)CC2)c2cc(F)ccc21.[HH]. The summed E-state index contributed by atoms with van der Waals surface area (Å²) in [6.07, 6.45) is 12.2. The number of fused-ring (bicyclic) bond motifs is 6. The van der Waals surface area contributed by atoms with Crippen LogP contribution in [0.3, 0.4) is 0 Å². The third-order valence-corrected chi connectivity index (χ3v) is 21.8. The number of rotatable bonds is 8. The molecule has 0 unspecified atom stereocenters. The topological polar surface area (TPSA) is 189 Å². The van der Waals surface area contributed by atoms with Gasteiger partial charge in [0.05, 0.1) is 19.3 Å². The highest BCUT2D eigenvalue weighted by Gasteiger charge is 2.51. The molecule has 9 aliphatic rings. The Labute approximate surface area is 559 Å². The number of nitrogens with one attached hydrogen (secondary N) is 1. The van der Waals surface area contributed by atoms with Gasteiger partial charge in [0.25, 0.3) is 0 Å². The van der Waals surface area contributed by atoms with Crippen molar-refractivity contribution in [1.82, 2.24) is 39.6 Å². The normalized spacial score (nSPS) is 21.4. The number of hydrogen-bond donors (Lipinski definition) is 1. The van der Waals surface area contributed by atoms with Gasteiger partial charge in [0.15, 0.2) is 0 Å². The number of nitriles is 1. The number of benzene rings is 3. The molecule has 0 aromatic heterocycles. The number of carbonyl (C=O) groups excluding carboxylic acids is 6. The average Bonchev–Trinajstić information content (AvgIpc) is 1.61. The monoisotopic (exact) mass is 1300 g/mol. The lowest BCUT2D eigenvalue weighted by molar-refractivity contribution is -0.132. The lowest BCUT2D eigenvalue weighted by atomic mass is 9.74. The minimum absolute atomic E-state index is 0. The van der Waals surface area contributed by atoms with Crippen LogP contribution in [-0.4, -0.2) is 220 Å². The summed E-state index contributed by atoms with van der Waals surface area (Å²) >= 11 is 0. The summed E-state index contributed by atoms with van der Waals surface area (Å²) in [5.41, 5.74) is 6.58. The molecule has 1 N–H and O–H groups in total. The van der Waals surface area contributed by atoms with E-state index in [1.54, 1.807) is 43.0 Å². The van der Waals surface area contributed by atoms with Crippen molar-refractivity contribution in [2.24, 2.45) is 5.41 Å². The fourth-order valence-corrected chi connectivity index (χ4v) is 16.5. The summed E-state index contributed by atoms with van der Waals surface area (Å²) in [7, 11) is 3.49. The zero-order valence-corrected chi connectivity index (χ0v) is 57.6. The van der Waals surface area contributed by atoms with Gasteiger partial charge in [-0.05, 0) is 190 Å². The summed E-state index contributed by atoms with van der Waals surface area (Å²) in [6.45, 7) is 27.4. The number of likely N-dealkylation sites (tertiary alicyclic amines) is 6. The number of para-hydroxylation sites is 2. The van der Waals surface area contributed by atoms with Gasteiger partial charge < -0.3 is 54.0 Å². The third kappa shape index (κ3) is 15.6. The van der Waals surface area contributed by atoms with Crippen molar-refractivity contribution >= 4 is 53.1 Å². The fourth-order valence-electron chi connectivity index (χ4n) is 16.5. The average molecular weight is 1300 g/mol. The first-order valence-corrected chi connectivity index (χ1v) is 35.0. The van der Waals surface area contributed by atoms with Crippen LogP contribution in [0.25, 0.3) is 0 Å². The maximum atomic E-state index is 14.2. The van der Waals surface area contributed by atoms with E-state index in [2.05, 4.69) is 77.2 Å². The number of amides is 8. The van der Waals surface area contributed by atoms with Crippen molar-refractivity contribution in [2.45, 2.75) is 179 Å². The molecule has 8 amide bonds. The predicted molar refractivity (Wildman–Crippen MR) is 366 cm³/mol. The number of halogens is 1. The molecule has 0 aliphatic carbocycles. The van der Waals surface area contributed by atoms with Crippen LogP contribution in [0.4, 0.5) is 40.6 Å². The van der Waals surface area contributed by atoms with E-state index >= 15 is 0 Å². The lowest BCUT2D eigenvalue weighted by Gasteiger charge is -2.45. The van der Waals surface area contributed by atoms with Gasteiger partial charge in [-0.15, -0.1) is 0 Å². The number of carbonyl (C=O) groups is 6. The van der Waals surface area contributed by atoms with Crippen LogP contribution in [0.15, 0.2) is 66.7 Å². The highest BCUT2D eigenvalue weighted by atomic mass is 19.1. The standard InChI is InChI=1S/C25H37N3O3.C24H32FN5O2.C24H36N4O3.H2/c1-19(29)28-17-25(21-7-5-6-8-22(21)28)11-15-26(16-12-25)20-9-13-27(14-10-20)23(30)31-18-24(2,3)4;1-27(2)23(32)30-17-24(20-16-18(25)5-6-21(20)30)9-14-28(15-10-24)19-7-12-29(13-8-19)22(31)4-3-11-26;1-4-31-23(30)27-13-9-19(10-14-27)26-15-11-24(12-16-26)17-28(22(29)25-18(2)3)21-8-6-5-7-20(21)24;/h5-8,20H,9-18H2,1-4H3;5-6,16,19H,3-4,7-10,12-15,17H2,1-2H3;5-8,18-19H,4,9-17H2,1-3H3,(H,25,29);1H. The second-order valence-electron chi connectivity index (χ2n) is 29.7. The van der Waals surface area contributed by atoms with Crippen molar-refractivity contribution in [3.63, 3.8) is 0 Å².